The third kappa shape index (κ3) is 1.82. The minimum absolute atomic E-state index is 0.717. The van der Waals surface area contributed by atoms with Crippen molar-refractivity contribution in [2.45, 2.75) is 51.4 Å². The second-order valence-electron chi connectivity index (χ2n) is 4.53. The highest BCUT2D eigenvalue weighted by Crippen LogP contribution is 2.42. The number of hydrogen-bond donors (Lipinski definition) is 0. The molecule has 0 unspecified atom stereocenters. The molecule has 0 aromatic heterocycles. The molecule has 1 saturated heterocycles. The molecule has 70 valence electrons. The molecule has 1 aliphatic heterocycles. The quantitative estimate of drug-likeness (QED) is 0.540. The average Bonchev–Trinajstić information content (AvgIpc) is 2.33. The van der Waals surface area contributed by atoms with Crippen molar-refractivity contribution in [3.05, 3.63) is 0 Å². The van der Waals surface area contributed by atoms with Crippen LogP contribution in [0.15, 0.2) is 0 Å². The number of rotatable bonds is 0. The van der Waals surface area contributed by atoms with Crippen LogP contribution in [0.3, 0.4) is 0 Å². The minimum atomic E-state index is 0.717. The van der Waals surface area contributed by atoms with Crippen LogP contribution < -0.4 is 0 Å². The molecule has 1 aliphatic carbocycles. The molecule has 0 aromatic carbocycles. The molecule has 1 spiro atoms. The normalized spacial score (nSPS) is 30.0. The molecular weight excluding hydrogens is 148 g/mol. The van der Waals surface area contributed by atoms with Crippen LogP contribution in [0.5, 0.6) is 0 Å². The van der Waals surface area contributed by atoms with Gasteiger partial charge in [-0.2, -0.15) is 0 Å². The van der Waals surface area contributed by atoms with E-state index in [0.717, 1.165) is 18.6 Å². The zero-order valence-corrected chi connectivity index (χ0v) is 7.98. The maximum Gasteiger partial charge on any atom is 0.0471 e. The second-order valence-corrected chi connectivity index (χ2v) is 4.53. The van der Waals surface area contributed by atoms with Gasteiger partial charge in [0.15, 0.2) is 0 Å². The average molecular weight is 168 g/mol. The molecular formula is C11H20O. The number of hydrogen-bond acceptors (Lipinski definition) is 1. The van der Waals surface area contributed by atoms with Crippen LogP contribution in [0.25, 0.3) is 0 Å². The van der Waals surface area contributed by atoms with E-state index in [1.807, 2.05) is 0 Å². The lowest BCUT2D eigenvalue weighted by Gasteiger charge is -2.36. The first kappa shape index (κ1) is 8.55. The summed E-state index contributed by atoms with van der Waals surface area (Å²) in [5.74, 6) is 0. The zero-order chi connectivity index (χ0) is 8.28. The minimum Gasteiger partial charge on any atom is -0.381 e. The van der Waals surface area contributed by atoms with Gasteiger partial charge in [0.1, 0.15) is 0 Å². The van der Waals surface area contributed by atoms with Crippen molar-refractivity contribution in [2.24, 2.45) is 5.41 Å². The van der Waals surface area contributed by atoms with Gasteiger partial charge in [-0.15, -0.1) is 0 Å². The highest BCUT2D eigenvalue weighted by Gasteiger charge is 2.32. The fourth-order valence-electron chi connectivity index (χ4n) is 2.78. The molecule has 0 bridgehead atoms. The molecule has 12 heavy (non-hydrogen) atoms. The summed E-state index contributed by atoms with van der Waals surface area (Å²) in [6.45, 7) is 2.06. The summed E-state index contributed by atoms with van der Waals surface area (Å²) < 4.78 is 5.44. The van der Waals surface area contributed by atoms with Gasteiger partial charge < -0.3 is 4.74 Å². The van der Waals surface area contributed by atoms with E-state index >= 15 is 0 Å². The predicted octanol–water partition coefficient (Wildman–Crippen LogP) is 3.14. The Balaban J connectivity index is 1.95. The predicted molar refractivity (Wildman–Crippen MR) is 50.2 cm³/mol. The third-order valence-electron chi connectivity index (χ3n) is 3.72. The fraction of sp³-hybridized carbons (Fsp3) is 1.00. The van der Waals surface area contributed by atoms with Crippen molar-refractivity contribution in [3.63, 3.8) is 0 Å². The summed E-state index contributed by atoms with van der Waals surface area (Å²) in [6, 6.07) is 0. The Morgan fingerprint density at radius 3 is 1.83 bits per heavy atom. The lowest BCUT2D eigenvalue weighted by atomic mass is 9.74. The Morgan fingerprint density at radius 2 is 1.25 bits per heavy atom. The lowest BCUT2D eigenvalue weighted by Crippen LogP contribution is -2.28. The molecule has 0 amide bonds. The summed E-state index contributed by atoms with van der Waals surface area (Å²) >= 11 is 0. The standard InChI is InChI=1S/C11H20O/c1-2-4-6-11(5-3-1)7-9-12-10-8-11/h1-10H2. The van der Waals surface area contributed by atoms with Gasteiger partial charge in [-0.1, -0.05) is 25.7 Å². The molecule has 1 nitrogen and oxygen atoms in total. The molecule has 1 saturated carbocycles. The van der Waals surface area contributed by atoms with Crippen LogP contribution in [-0.2, 0) is 4.74 Å². The fourth-order valence-corrected chi connectivity index (χ4v) is 2.78. The monoisotopic (exact) mass is 168 g/mol. The van der Waals surface area contributed by atoms with Crippen LogP contribution in [0.2, 0.25) is 0 Å². The van der Waals surface area contributed by atoms with Gasteiger partial charge in [-0.3, -0.25) is 0 Å². The Kier molecular flexibility index (Phi) is 2.69. The van der Waals surface area contributed by atoms with Crippen molar-refractivity contribution >= 4 is 0 Å². The molecule has 1 heterocycles. The second kappa shape index (κ2) is 3.78. The maximum atomic E-state index is 5.44. The van der Waals surface area contributed by atoms with Gasteiger partial charge in [0, 0.05) is 13.2 Å². The summed E-state index contributed by atoms with van der Waals surface area (Å²) in [6.07, 6.45) is 11.5. The largest absolute Gasteiger partial charge is 0.381 e. The van der Waals surface area contributed by atoms with Crippen molar-refractivity contribution in [2.75, 3.05) is 13.2 Å². The molecule has 2 rings (SSSR count). The molecule has 0 N–H and O–H groups in total. The molecule has 0 radical (unpaired) electrons. The SMILES string of the molecule is C1CCCC2(CC1)CCOCC2. The summed E-state index contributed by atoms with van der Waals surface area (Å²) in [5, 5.41) is 0. The lowest BCUT2D eigenvalue weighted by molar-refractivity contribution is 0.00673. The van der Waals surface area contributed by atoms with E-state index < -0.39 is 0 Å². The van der Waals surface area contributed by atoms with Gasteiger partial charge in [0.25, 0.3) is 0 Å². The van der Waals surface area contributed by atoms with Crippen LogP contribution in [0.4, 0.5) is 0 Å². The maximum absolute atomic E-state index is 5.44. The van der Waals surface area contributed by atoms with E-state index in [0.29, 0.717) is 0 Å². The van der Waals surface area contributed by atoms with Gasteiger partial charge >= 0.3 is 0 Å². The van der Waals surface area contributed by atoms with Crippen LogP contribution in [0.1, 0.15) is 51.4 Å². The Morgan fingerprint density at radius 1 is 0.667 bits per heavy atom. The first-order valence-electron chi connectivity index (χ1n) is 5.49. The first-order chi connectivity index (χ1) is 5.91. The van der Waals surface area contributed by atoms with Gasteiger partial charge in [0.2, 0.25) is 0 Å². The summed E-state index contributed by atoms with van der Waals surface area (Å²) in [4.78, 5) is 0. The highest BCUT2D eigenvalue weighted by molar-refractivity contribution is 4.83. The van der Waals surface area contributed by atoms with Crippen LogP contribution in [0, 0.1) is 5.41 Å². The van der Waals surface area contributed by atoms with Crippen LogP contribution in [-0.4, -0.2) is 13.2 Å². The van der Waals surface area contributed by atoms with Gasteiger partial charge in [-0.05, 0) is 31.1 Å². The molecule has 0 aromatic rings. The van der Waals surface area contributed by atoms with Crippen molar-refractivity contribution in [3.8, 4) is 0 Å². The Hall–Kier alpha value is -0.0400. The van der Waals surface area contributed by atoms with E-state index in [1.54, 1.807) is 0 Å². The topological polar surface area (TPSA) is 9.23 Å². The van der Waals surface area contributed by atoms with Gasteiger partial charge in [-0.25, -0.2) is 0 Å². The molecule has 2 fully saturated rings. The zero-order valence-electron chi connectivity index (χ0n) is 7.98. The van der Waals surface area contributed by atoms with Crippen molar-refractivity contribution in [1.82, 2.24) is 0 Å². The Labute approximate surface area is 75.5 Å². The van der Waals surface area contributed by atoms with E-state index in [1.165, 1.54) is 51.4 Å². The van der Waals surface area contributed by atoms with E-state index in [9.17, 15) is 0 Å². The third-order valence-corrected chi connectivity index (χ3v) is 3.72. The molecule has 0 atom stereocenters. The smallest absolute Gasteiger partial charge is 0.0471 e. The van der Waals surface area contributed by atoms with E-state index in [2.05, 4.69) is 0 Å². The number of ether oxygens (including phenoxy) is 1. The Bertz CT molecular complexity index is 126. The molecule has 1 heteroatoms. The van der Waals surface area contributed by atoms with E-state index in [-0.39, 0.29) is 0 Å². The summed E-state index contributed by atoms with van der Waals surface area (Å²) in [5.41, 5.74) is 0.717. The van der Waals surface area contributed by atoms with E-state index in [4.69, 9.17) is 4.74 Å². The molecule has 2 aliphatic rings. The summed E-state index contributed by atoms with van der Waals surface area (Å²) in [7, 11) is 0. The van der Waals surface area contributed by atoms with Crippen molar-refractivity contribution in [1.29, 1.82) is 0 Å². The highest BCUT2D eigenvalue weighted by atomic mass is 16.5. The first-order valence-corrected chi connectivity index (χ1v) is 5.49. The van der Waals surface area contributed by atoms with Crippen molar-refractivity contribution < 1.29 is 4.74 Å². The van der Waals surface area contributed by atoms with Crippen LogP contribution >= 0.6 is 0 Å². The van der Waals surface area contributed by atoms with Gasteiger partial charge in [0.05, 0.1) is 0 Å².